The molecular weight excluding hydrogens is 562 g/mol. The van der Waals surface area contributed by atoms with Gasteiger partial charge in [-0.05, 0) is 52.1 Å². The van der Waals surface area contributed by atoms with Crippen molar-refractivity contribution in [2.24, 2.45) is 0 Å². The number of fused-ring (bicyclic) bond motifs is 7. The van der Waals surface area contributed by atoms with Crippen molar-refractivity contribution in [1.29, 1.82) is 0 Å². The minimum Gasteiger partial charge on any atom is -0.456 e. The Balaban J connectivity index is 1.15. The van der Waals surface area contributed by atoms with E-state index in [1.54, 1.807) is 0 Å². The van der Waals surface area contributed by atoms with Gasteiger partial charge >= 0.3 is 0 Å². The number of furan rings is 1. The molecule has 1 aliphatic carbocycles. The van der Waals surface area contributed by atoms with E-state index in [1.165, 1.54) is 27.6 Å². The van der Waals surface area contributed by atoms with Crippen LogP contribution < -0.4 is 0 Å². The van der Waals surface area contributed by atoms with Crippen LogP contribution in [-0.4, -0.2) is 15.0 Å². The van der Waals surface area contributed by atoms with Gasteiger partial charge in [0.05, 0.1) is 0 Å². The summed E-state index contributed by atoms with van der Waals surface area (Å²) in [4.78, 5) is 14.8. The number of benzene rings is 6. The molecule has 0 aliphatic heterocycles. The second-order valence-corrected chi connectivity index (χ2v) is 12.5. The van der Waals surface area contributed by atoms with Crippen molar-refractivity contribution >= 4 is 21.9 Å². The van der Waals surface area contributed by atoms with E-state index in [2.05, 4.69) is 86.6 Å². The Morgan fingerprint density at radius 3 is 1.74 bits per heavy atom. The fourth-order valence-electron chi connectivity index (χ4n) is 7.02. The van der Waals surface area contributed by atoms with Crippen LogP contribution in [0.5, 0.6) is 0 Å². The minimum atomic E-state index is -0.227. The van der Waals surface area contributed by atoms with Gasteiger partial charge in [0.15, 0.2) is 17.5 Å². The van der Waals surface area contributed by atoms with E-state index >= 15 is 0 Å². The molecule has 1 aliphatic rings. The first kappa shape index (κ1) is 26.5. The lowest BCUT2D eigenvalue weighted by Gasteiger charge is -2.22. The van der Waals surface area contributed by atoms with Crippen LogP contribution in [0.4, 0.5) is 0 Å². The normalized spacial score (nSPS) is 13.2. The highest BCUT2D eigenvalue weighted by atomic mass is 16.3. The monoisotopic (exact) mass is 591 g/mol. The van der Waals surface area contributed by atoms with Crippen molar-refractivity contribution in [1.82, 2.24) is 15.0 Å². The van der Waals surface area contributed by atoms with Crippen molar-refractivity contribution in [3.63, 3.8) is 0 Å². The average molecular weight is 592 g/mol. The zero-order chi connectivity index (χ0) is 30.8. The smallest absolute Gasteiger partial charge is 0.164 e. The third-order valence-corrected chi connectivity index (χ3v) is 9.31. The van der Waals surface area contributed by atoms with Gasteiger partial charge in [0.2, 0.25) is 0 Å². The summed E-state index contributed by atoms with van der Waals surface area (Å²) in [6.07, 6.45) is 0. The summed E-state index contributed by atoms with van der Waals surface area (Å²) in [7, 11) is 0. The number of para-hydroxylation sites is 1. The molecule has 4 nitrogen and oxygen atoms in total. The van der Waals surface area contributed by atoms with E-state index in [0.29, 0.717) is 17.5 Å². The minimum absolute atomic E-state index is 0.227. The average Bonchev–Trinajstić information content (AvgIpc) is 3.60. The van der Waals surface area contributed by atoms with Gasteiger partial charge in [0.25, 0.3) is 0 Å². The number of aromatic nitrogens is 3. The molecule has 0 amide bonds. The molecule has 2 heterocycles. The van der Waals surface area contributed by atoms with Crippen LogP contribution in [0.1, 0.15) is 25.0 Å². The predicted molar refractivity (Wildman–Crippen MR) is 186 cm³/mol. The largest absolute Gasteiger partial charge is 0.456 e. The van der Waals surface area contributed by atoms with Crippen LogP contribution in [0.2, 0.25) is 0 Å². The van der Waals surface area contributed by atoms with Crippen LogP contribution in [-0.2, 0) is 5.41 Å². The second-order valence-electron chi connectivity index (χ2n) is 12.5. The van der Waals surface area contributed by atoms with Crippen LogP contribution in [0.3, 0.4) is 0 Å². The molecule has 0 saturated carbocycles. The van der Waals surface area contributed by atoms with Crippen molar-refractivity contribution < 1.29 is 4.42 Å². The van der Waals surface area contributed by atoms with Crippen LogP contribution in [0.25, 0.3) is 78.4 Å². The number of hydrogen-bond donors (Lipinski definition) is 0. The van der Waals surface area contributed by atoms with Gasteiger partial charge in [0, 0.05) is 38.4 Å². The van der Waals surface area contributed by atoms with Crippen molar-refractivity contribution in [2.75, 3.05) is 0 Å². The molecule has 0 spiro atoms. The topological polar surface area (TPSA) is 51.8 Å². The fraction of sp³-hybridized carbons (Fsp3) is 0.0714. The summed E-state index contributed by atoms with van der Waals surface area (Å²) < 4.78 is 6.51. The van der Waals surface area contributed by atoms with E-state index in [0.717, 1.165) is 44.4 Å². The van der Waals surface area contributed by atoms with Crippen molar-refractivity contribution in [3.8, 4) is 56.4 Å². The van der Waals surface area contributed by atoms with E-state index in [-0.39, 0.29) is 5.41 Å². The van der Waals surface area contributed by atoms with Gasteiger partial charge in [0.1, 0.15) is 11.2 Å². The highest BCUT2D eigenvalue weighted by molar-refractivity contribution is 6.09. The van der Waals surface area contributed by atoms with Gasteiger partial charge < -0.3 is 4.42 Å². The summed E-state index contributed by atoms with van der Waals surface area (Å²) in [6, 6.07) is 48.3. The second kappa shape index (κ2) is 10.1. The van der Waals surface area contributed by atoms with Crippen molar-refractivity contribution in [2.45, 2.75) is 19.3 Å². The van der Waals surface area contributed by atoms with E-state index in [9.17, 15) is 0 Å². The number of nitrogens with zero attached hydrogens (tertiary/aromatic N) is 3. The van der Waals surface area contributed by atoms with E-state index < -0.39 is 0 Å². The summed E-state index contributed by atoms with van der Waals surface area (Å²) >= 11 is 0. The number of rotatable bonds is 4. The third-order valence-electron chi connectivity index (χ3n) is 9.31. The zero-order valence-corrected chi connectivity index (χ0v) is 25.5. The summed E-state index contributed by atoms with van der Waals surface area (Å²) in [5, 5.41) is 2.33. The Morgan fingerprint density at radius 1 is 0.457 bits per heavy atom. The van der Waals surface area contributed by atoms with Gasteiger partial charge in [-0.1, -0.05) is 129 Å². The number of hydrogen-bond acceptors (Lipinski definition) is 4. The summed E-state index contributed by atoms with van der Waals surface area (Å²) in [6.45, 7) is 4.62. The van der Waals surface area contributed by atoms with Gasteiger partial charge in [-0.15, -0.1) is 0 Å². The predicted octanol–water partition coefficient (Wildman–Crippen LogP) is 10.7. The molecule has 9 rings (SSSR count). The molecule has 6 aromatic carbocycles. The molecule has 46 heavy (non-hydrogen) atoms. The Bertz CT molecular complexity index is 2380. The molecule has 0 saturated heterocycles. The van der Waals surface area contributed by atoms with Gasteiger partial charge in [-0.2, -0.15) is 0 Å². The molecule has 0 unspecified atom stereocenters. The lowest BCUT2D eigenvalue weighted by molar-refractivity contribution is 0.620. The van der Waals surface area contributed by atoms with Gasteiger partial charge in [-0.25, -0.2) is 15.0 Å². The van der Waals surface area contributed by atoms with E-state index in [1.807, 2.05) is 66.7 Å². The molecule has 0 fully saturated rings. The molecule has 4 heteroatoms. The lowest BCUT2D eigenvalue weighted by atomic mass is 9.81. The Hall–Kier alpha value is -5.87. The van der Waals surface area contributed by atoms with Crippen LogP contribution in [0, 0.1) is 0 Å². The molecule has 0 bridgehead atoms. The maximum absolute atomic E-state index is 6.51. The third kappa shape index (κ3) is 4.11. The van der Waals surface area contributed by atoms with Crippen molar-refractivity contribution in [3.05, 3.63) is 151 Å². The standard InChI is InChI=1S/C42H29N3O/c1-42(2)35-25-29(20-21-31(35)33-22-23-34-32-18-9-10-19-36(32)46-38(34)37(33)42)28-16-11-17-30(24-28)41-44-39(26-12-5-3-6-13-26)43-40(45-41)27-14-7-4-8-15-27/h3-25H,1-2H3. The van der Waals surface area contributed by atoms with Gasteiger partial charge in [-0.3, -0.25) is 0 Å². The Kier molecular flexibility index (Phi) is 5.81. The molecule has 0 atom stereocenters. The molecule has 0 N–H and O–H groups in total. The summed E-state index contributed by atoms with van der Waals surface area (Å²) in [5.74, 6) is 1.96. The molecule has 8 aromatic rings. The maximum Gasteiger partial charge on any atom is 0.164 e. The van der Waals surface area contributed by atoms with E-state index in [4.69, 9.17) is 19.4 Å². The highest BCUT2D eigenvalue weighted by Gasteiger charge is 2.38. The quantitative estimate of drug-likeness (QED) is 0.204. The van der Waals surface area contributed by atoms with Crippen LogP contribution >= 0.6 is 0 Å². The Morgan fingerprint density at radius 2 is 1.02 bits per heavy atom. The van der Waals surface area contributed by atoms with Crippen LogP contribution in [0.15, 0.2) is 144 Å². The zero-order valence-electron chi connectivity index (χ0n) is 25.5. The first-order valence-electron chi connectivity index (χ1n) is 15.6. The molecule has 218 valence electrons. The summed E-state index contributed by atoms with van der Waals surface area (Å²) in [5.41, 5.74) is 11.9. The molecular formula is C42H29N3O. The highest BCUT2D eigenvalue weighted by Crippen LogP contribution is 2.53. The lowest BCUT2D eigenvalue weighted by Crippen LogP contribution is -2.15. The maximum atomic E-state index is 6.51. The first-order valence-corrected chi connectivity index (χ1v) is 15.6. The SMILES string of the molecule is CC1(C)c2cc(-c3cccc(-c4nc(-c5ccccc5)nc(-c5ccccc5)n4)c3)ccc2-c2ccc3c(oc4ccccc43)c21. The fourth-order valence-corrected chi connectivity index (χ4v) is 7.02. The Labute approximate surface area is 267 Å². The molecule has 0 radical (unpaired) electrons. The first-order chi connectivity index (χ1) is 22.5. The molecule has 2 aromatic heterocycles.